The number of rotatable bonds is 4. The van der Waals surface area contributed by atoms with E-state index in [9.17, 15) is 4.79 Å². The molecule has 0 bridgehead atoms. The van der Waals surface area contributed by atoms with E-state index in [1.807, 2.05) is 73.7 Å². The first-order valence-electron chi connectivity index (χ1n) is 6.90. The number of nitrogens with one attached hydrogen (secondary N) is 1. The third-order valence-electron chi connectivity index (χ3n) is 3.03. The molecule has 22 heavy (non-hydrogen) atoms. The van der Waals surface area contributed by atoms with Crippen LogP contribution in [0.5, 0.6) is 0 Å². The van der Waals surface area contributed by atoms with Crippen LogP contribution in [0.3, 0.4) is 0 Å². The third kappa shape index (κ3) is 4.46. The Morgan fingerprint density at radius 2 is 1.77 bits per heavy atom. The molecule has 0 aliphatic heterocycles. The monoisotopic (exact) mass is 288 g/mol. The topological polar surface area (TPSA) is 52.9 Å². The lowest BCUT2D eigenvalue weighted by atomic mass is 10.2. The van der Waals surface area contributed by atoms with Crippen molar-refractivity contribution in [2.24, 2.45) is 0 Å². The molecule has 0 radical (unpaired) electrons. The molecule has 2 aromatic carbocycles. The summed E-state index contributed by atoms with van der Waals surface area (Å²) in [5, 5.41) is 11.8. The molecule has 1 amide bonds. The normalized spacial score (nSPS) is 11.2. The summed E-state index contributed by atoms with van der Waals surface area (Å²) in [6.45, 7) is 1.97. The van der Waals surface area contributed by atoms with E-state index in [1.165, 1.54) is 6.08 Å². The van der Waals surface area contributed by atoms with Gasteiger partial charge in [-0.15, -0.1) is 0 Å². The molecule has 3 nitrogen and oxygen atoms in total. The van der Waals surface area contributed by atoms with E-state index in [-0.39, 0.29) is 5.57 Å². The van der Waals surface area contributed by atoms with Crippen molar-refractivity contribution in [1.82, 2.24) is 0 Å². The second-order valence-electron chi connectivity index (χ2n) is 4.78. The number of hydrogen-bond acceptors (Lipinski definition) is 2. The van der Waals surface area contributed by atoms with Crippen molar-refractivity contribution >= 4 is 17.7 Å². The fourth-order valence-corrected chi connectivity index (χ4v) is 1.82. The molecule has 108 valence electrons. The third-order valence-corrected chi connectivity index (χ3v) is 3.03. The zero-order valence-electron chi connectivity index (χ0n) is 12.3. The lowest BCUT2D eigenvalue weighted by Gasteiger charge is -2.03. The predicted octanol–water partition coefficient (Wildman–Crippen LogP) is 4.10. The number of carbonyl (C=O) groups excluding carboxylic acids is 1. The quantitative estimate of drug-likeness (QED) is 0.523. The Labute approximate surface area is 130 Å². The van der Waals surface area contributed by atoms with Crippen LogP contribution in [0, 0.1) is 18.3 Å². The van der Waals surface area contributed by atoms with Gasteiger partial charge >= 0.3 is 0 Å². The van der Waals surface area contributed by atoms with E-state index in [0.717, 1.165) is 11.1 Å². The van der Waals surface area contributed by atoms with Crippen LogP contribution in [0.1, 0.15) is 11.1 Å². The SMILES string of the molecule is Cc1ccc(NC(=O)/C(C#N)=C\C=C\c2ccccc2)cc1. The molecule has 0 aromatic heterocycles. The van der Waals surface area contributed by atoms with E-state index in [4.69, 9.17) is 5.26 Å². The van der Waals surface area contributed by atoms with Gasteiger partial charge in [-0.1, -0.05) is 60.2 Å². The van der Waals surface area contributed by atoms with Gasteiger partial charge in [0.25, 0.3) is 5.91 Å². The molecule has 3 heteroatoms. The Bertz CT molecular complexity index is 735. The largest absolute Gasteiger partial charge is 0.321 e. The van der Waals surface area contributed by atoms with Crippen molar-refractivity contribution in [3.8, 4) is 6.07 Å². The first-order chi connectivity index (χ1) is 10.7. The van der Waals surface area contributed by atoms with Crippen LogP contribution < -0.4 is 5.32 Å². The summed E-state index contributed by atoms with van der Waals surface area (Å²) in [6, 6.07) is 19.0. The fraction of sp³-hybridized carbons (Fsp3) is 0.0526. The Morgan fingerprint density at radius 1 is 1.09 bits per heavy atom. The van der Waals surface area contributed by atoms with Gasteiger partial charge in [-0.2, -0.15) is 5.26 Å². The number of benzene rings is 2. The number of amides is 1. The average Bonchev–Trinajstić information content (AvgIpc) is 2.54. The predicted molar refractivity (Wildman–Crippen MR) is 89.0 cm³/mol. The molecular weight excluding hydrogens is 272 g/mol. The number of nitrogens with zero attached hydrogens (tertiary/aromatic N) is 1. The van der Waals surface area contributed by atoms with Gasteiger partial charge in [-0.05, 0) is 30.7 Å². The Kier molecular flexibility index (Phi) is 5.28. The van der Waals surface area contributed by atoms with Crippen molar-refractivity contribution in [2.45, 2.75) is 6.92 Å². The summed E-state index contributed by atoms with van der Waals surface area (Å²) >= 11 is 0. The molecule has 0 saturated heterocycles. The lowest BCUT2D eigenvalue weighted by molar-refractivity contribution is -0.112. The highest BCUT2D eigenvalue weighted by Crippen LogP contribution is 2.10. The molecule has 2 rings (SSSR count). The van der Waals surface area contributed by atoms with E-state index in [2.05, 4.69) is 5.32 Å². The van der Waals surface area contributed by atoms with Gasteiger partial charge in [0.15, 0.2) is 0 Å². The molecule has 2 aromatic rings. The number of carbonyl (C=O) groups is 1. The van der Waals surface area contributed by atoms with Gasteiger partial charge in [0.2, 0.25) is 0 Å². The summed E-state index contributed by atoms with van der Waals surface area (Å²) in [7, 11) is 0. The summed E-state index contributed by atoms with van der Waals surface area (Å²) in [6.07, 6.45) is 5.05. The number of hydrogen-bond donors (Lipinski definition) is 1. The van der Waals surface area contributed by atoms with Crippen LogP contribution in [0.25, 0.3) is 6.08 Å². The zero-order chi connectivity index (χ0) is 15.8. The van der Waals surface area contributed by atoms with Crippen LogP contribution in [0.15, 0.2) is 72.3 Å². The molecule has 0 atom stereocenters. The molecule has 0 aliphatic carbocycles. The van der Waals surface area contributed by atoms with Crippen molar-refractivity contribution in [1.29, 1.82) is 5.26 Å². The van der Waals surface area contributed by atoms with Crippen LogP contribution in [-0.4, -0.2) is 5.91 Å². The lowest BCUT2D eigenvalue weighted by Crippen LogP contribution is -2.13. The van der Waals surface area contributed by atoms with Gasteiger partial charge in [0.05, 0.1) is 0 Å². The van der Waals surface area contributed by atoms with Gasteiger partial charge in [-0.25, -0.2) is 0 Å². The maximum atomic E-state index is 12.0. The Hall–Kier alpha value is -3.12. The minimum absolute atomic E-state index is 0.0627. The van der Waals surface area contributed by atoms with Gasteiger partial charge < -0.3 is 5.32 Å². The van der Waals surface area contributed by atoms with Crippen LogP contribution in [0.4, 0.5) is 5.69 Å². The molecule has 0 unspecified atom stereocenters. The Morgan fingerprint density at radius 3 is 2.41 bits per heavy atom. The molecule has 0 saturated carbocycles. The Balaban J connectivity index is 2.05. The van der Waals surface area contributed by atoms with Gasteiger partial charge in [0, 0.05) is 5.69 Å². The van der Waals surface area contributed by atoms with Gasteiger partial charge in [-0.3, -0.25) is 4.79 Å². The standard InChI is InChI=1S/C19H16N2O/c1-15-10-12-18(13-11-15)21-19(22)17(14-20)9-5-8-16-6-3-2-4-7-16/h2-13H,1H3,(H,21,22)/b8-5+,17-9-. The highest BCUT2D eigenvalue weighted by molar-refractivity contribution is 6.06. The number of nitriles is 1. The smallest absolute Gasteiger partial charge is 0.266 e. The maximum Gasteiger partial charge on any atom is 0.266 e. The summed E-state index contributed by atoms with van der Waals surface area (Å²) in [4.78, 5) is 12.0. The number of allylic oxidation sites excluding steroid dienone is 2. The second-order valence-corrected chi connectivity index (χ2v) is 4.78. The fourth-order valence-electron chi connectivity index (χ4n) is 1.82. The van der Waals surface area contributed by atoms with Crippen molar-refractivity contribution in [2.75, 3.05) is 5.32 Å². The van der Waals surface area contributed by atoms with Crippen LogP contribution in [-0.2, 0) is 4.79 Å². The van der Waals surface area contributed by atoms with Crippen molar-refractivity contribution in [3.05, 3.63) is 83.4 Å². The average molecular weight is 288 g/mol. The molecule has 0 heterocycles. The summed E-state index contributed by atoms with van der Waals surface area (Å²) in [5.41, 5.74) is 2.85. The van der Waals surface area contributed by atoms with Crippen molar-refractivity contribution in [3.63, 3.8) is 0 Å². The van der Waals surface area contributed by atoms with E-state index >= 15 is 0 Å². The first kappa shape index (κ1) is 15.3. The highest BCUT2D eigenvalue weighted by atomic mass is 16.1. The first-order valence-corrected chi connectivity index (χ1v) is 6.90. The van der Waals surface area contributed by atoms with Gasteiger partial charge in [0.1, 0.15) is 11.6 Å². The molecular formula is C19H16N2O. The second kappa shape index (κ2) is 7.61. The molecule has 1 N–H and O–H groups in total. The summed E-state index contributed by atoms with van der Waals surface area (Å²) in [5.74, 6) is -0.413. The van der Waals surface area contributed by atoms with Crippen molar-refractivity contribution < 1.29 is 4.79 Å². The minimum atomic E-state index is -0.413. The number of anilines is 1. The molecule has 0 aliphatic rings. The highest BCUT2D eigenvalue weighted by Gasteiger charge is 2.07. The summed E-state index contributed by atoms with van der Waals surface area (Å²) < 4.78 is 0. The van der Waals surface area contributed by atoms with E-state index in [1.54, 1.807) is 6.08 Å². The number of aryl methyl sites for hydroxylation is 1. The maximum absolute atomic E-state index is 12.0. The van der Waals surface area contributed by atoms with Crippen LogP contribution >= 0.6 is 0 Å². The van der Waals surface area contributed by atoms with Crippen LogP contribution in [0.2, 0.25) is 0 Å². The zero-order valence-corrected chi connectivity index (χ0v) is 12.3. The minimum Gasteiger partial charge on any atom is -0.321 e. The van der Waals surface area contributed by atoms with E-state index < -0.39 is 5.91 Å². The molecule has 0 spiro atoms. The molecule has 0 fully saturated rings. The van der Waals surface area contributed by atoms with E-state index in [0.29, 0.717) is 5.69 Å².